The molecule has 0 spiro atoms. The molecule has 0 amide bonds. The lowest BCUT2D eigenvalue weighted by atomic mass is 9.94. The number of halogens is 1. The molecule has 2 atom stereocenters. The van der Waals surface area contributed by atoms with Crippen LogP contribution in [0.15, 0.2) is 24.3 Å². The maximum absolute atomic E-state index is 5.13. The molecule has 1 aromatic carbocycles. The molecule has 0 aliphatic rings. The lowest BCUT2D eigenvalue weighted by Gasteiger charge is -2.18. The monoisotopic (exact) mass is 256 g/mol. The van der Waals surface area contributed by atoms with Crippen molar-refractivity contribution in [1.82, 2.24) is 0 Å². The Morgan fingerprint density at radius 2 is 1.86 bits per heavy atom. The van der Waals surface area contributed by atoms with E-state index in [1.165, 1.54) is 5.56 Å². The molecule has 0 saturated heterocycles. The molecule has 1 aromatic rings. The highest BCUT2D eigenvalue weighted by molar-refractivity contribution is 9.09. The van der Waals surface area contributed by atoms with Crippen LogP contribution in [0.3, 0.4) is 0 Å². The highest BCUT2D eigenvalue weighted by Gasteiger charge is 2.14. The highest BCUT2D eigenvalue weighted by atomic mass is 79.9. The summed E-state index contributed by atoms with van der Waals surface area (Å²) in [5.74, 6) is 1.51. The van der Waals surface area contributed by atoms with Crippen LogP contribution >= 0.6 is 15.9 Å². The molecule has 0 fully saturated rings. The second-order valence-corrected chi connectivity index (χ2v) is 4.91. The zero-order valence-corrected chi connectivity index (χ0v) is 10.5. The number of hydrogen-bond donors (Lipinski definition) is 0. The van der Waals surface area contributed by atoms with Gasteiger partial charge < -0.3 is 4.74 Å². The van der Waals surface area contributed by atoms with E-state index in [1.54, 1.807) is 7.11 Å². The van der Waals surface area contributed by atoms with E-state index in [2.05, 4.69) is 41.9 Å². The van der Waals surface area contributed by atoms with E-state index in [-0.39, 0.29) is 0 Å². The molecular formula is C12H17BrO. The van der Waals surface area contributed by atoms with Gasteiger partial charge in [0.25, 0.3) is 0 Å². The minimum absolute atomic E-state index is 0.515. The first-order valence-electron chi connectivity index (χ1n) is 4.97. The Morgan fingerprint density at radius 3 is 2.21 bits per heavy atom. The fraction of sp³-hybridized carbons (Fsp3) is 0.500. The van der Waals surface area contributed by atoms with Gasteiger partial charge in [-0.3, -0.25) is 0 Å². The average molecular weight is 257 g/mol. The summed E-state index contributed by atoms with van der Waals surface area (Å²) in [7, 11) is 1.69. The van der Waals surface area contributed by atoms with E-state index in [0.717, 1.165) is 12.2 Å². The Labute approximate surface area is 94.6 Å². The minimum Gasteiger partial charge on any atom is -0.497 e. The second-order valence-electron chi connectivity index (χ2n) is 3.47. The van der Waals surface area contributed by atoms with Gasteiger partial charge in [-0.1, -0.05) is 41.9 Å². The van der Waals surface area contributed by atoms with Crippen LogP contribution in [0.25, 0.3) is 0 Å². The van der Waals surface area contributed by atoms with Crippen LogP contribution < -0.4 is 4.74 Å². The molecule has 1 nitrogen and oxygen atoms in total. The van der Waals surface area contributed by atoms with Crippen molar-refractivity contribution in [3.63, 3.8) is 0 Å². The quantitative estimate of drug-likeness (QED) is 0.741. The van der Waals surface area contributed by atoms with Crippen molar-refractivity contribution >= 4 is 15.9 Å². The number of alkyl halides is 1. The van der Waals surface area contributed by atoms with Crippen LogP contribution in [0.5, 0.6) is 5.75 Å². The van der Waals surface area contributed by atoms with Crippen molar-refractivity contribution < 1.29 is 4.74 Å². The summed E-state index contributed by atoms with van der Waals surface area (Å²) in [5.41, 5.74) is 1.37. The first kappa shape index (κ1) is 11.6. The Kier molecular flexibility index (Phi) is 4.46. The first-order chi connectivity index (χ1) is 6.69. The molecule has 0 heterocycles. The SMILES string of the molecule is CCC(c1ccc(OC)cc1)C(C)Br. The van der Waals surface area contributed by atoms with E-state index < -0.39 is 0 Å². The molecule has 0 aliphatic heterocycles. The van der Waals surface area contributed by atoms with E-state index >= 15 is 0 Å². The van der Waals surface area contributed by atoms with Crippen molar-refractivity contribution in [1.29, 1.82) is 0 Å². The molecular weight excluding hydrogens is 240 g/mol. The summed E-state index contributed by atoms with van der Waals surface area (Å²) in [6.07, 6.45) is 1.15. The van der Waals surface area contributed by atoms with Crippen LogP contribution in [-0.2, 0) is 0 Å². The third kappa shape index (κ3) is 2.74. The topological polar surface area (TPSA) is 9.23 Å². The fourth-order valence-corrected chi connectivity index (χ4v) is 2.36. The Balaban J connectivity index is 2.84. The van der Waals surface area contributed by atoms with Gasteiger partial charge in [0, 0.05) is 4.83 Å². The molecule has 78 valence electrons. The Hall–Kier alpha value is -0.500. The van der Waals surface area contributed by atoms with E-state index in [9.17, 15) is 0 Å². The number of rotatable bonds is 4. The summed E-state index contributed by atoms with van der Waals surface area (Å²) < 4.78 is 5.13. The van der Waals surface area contributed by atoms with Crippen molar-refractivity contribution in [3.05, 3.63) is 29.8 Å². The van der Waals surface area contributed by atoms with Crippen molar-refractivity contribution in [2.45, 2.75) is 31.0 Å². The standard InChI is InChI=1S/C12H17BrO/c1-4-12(9(2)13)10-5-7-11(14-3)8-6-10/h5-9,12H,4H2,1-3H3. The highest BCUT2D eigenvalue weighted by Crippen LogP contribution is 2.28. The van der Waals surface area contributed by atoms with Gasteiger partial charge in [0.1, 0.15) is 5.75 Å². The van der Waals surface area contributed by atoms with E-state index in [0.29, 0.717) is 10.7 Å². The average Bonchev–Trinajstić information content (AvgIpc) is 2.19. The van der Waals surface area contributed by atoms with Crippen LogP contribution in [0.4, 0.5) is 0 Å². The van der Waals surface area contributed by atoms with E-state index in [1.807, 2.05) is 12.1 Å². The van der Waals surface area contributed by atoms with Crippen LogP contribution in [0.2, 0.25) is 0 Å². The molecule has 14 heavy (non-hydrogen) atoms. The van der Waals surface area contributed by atoms with Gasteiger partial charge in [0.05, 0.1) is 7.11 Å². The van der Waals surface area contributed by atoms with Gasteiger partial charge in [-0.2, -0.15) is 0 Å². The first-order valence-corrected chi connectivity index (χ1v) is 5.88. The van der Waals surface area contributed by atoms with Gasteiger partial charge >= 0.3 is 0 Å². The molecule has 0 aliphatic carbocycles. The number of benzene rings is 1. The summed E-state index contributed by atoms with van der Waals surface area (Å²) in [5, 5.41) is 0. The largest absolute Gasteiger partial charge is 0.497 e. The molecule has 2 heteroatoms. The van der Waals surface area contributed by atoms with E-state index in [4.69, 9.17) is 4.74 Å². The zero-order valence-electron chi connectivity index (χ0n) is 8.96. The van der Waals surface area contributed by atoms with Gasteiger partial charge in [-0.05, 0) is 30.0 Å². The molecule has 1 rings (SSSR count). The van der Waals surface area contributed by atoms with Gasteiger partial charge in [0.2, 0.25) is 0 Å². The smallest absolute Gasteiger partial charge is 0.118 e. The number of ether oxygens (including phenoxy) is 1. The molecule has 0 bridgehead atoms. The lowest BCUT2D eigenvalue weighted by molar-refractivity contribution is 0.414. The Morgan fingerprint density at radius 1 is 1.29 bits per heavy atom. The summed E-state index contributed by atoms with van der Waals surface area (Å²) in [4.78, 5) is 0.515. The molecule has 0 N–H and O–H groups in total. The third-order valence-electron chi connectivity index (χ3n) is 2.54. The van der Waals surface area contributed by atoms with Gasteiger partial charge in [-0.15, -0.1) is 0 Å². The molecule has 0 saturated carbocycles. The second kappa shape index (κ2) is 5.40. The van der Waals surface area contributed by atoms with Crippen LogP contribution in [-0.4, -0.2) is 11.9 Å². The predicted molar refractivity (Wildman–Crippen MR) is 64.4 cm³/mol. The van der Waals surface area contributed by atoms with Crippen molar-refractivity contribution in [2.24, 2.45) is 0 Å². The normalized spacial score (nSPS) is 14.9. The lowest BCUT2D eigenvalue weighted by Crippen LogP contribution is -2.07. The molecule has 0 aromatic heterocycles. The summed E-state index contributed by atoms with van der Waals surface area (Å²) >= 11 is 3.64. The predicted octanol–water partition coefficient (Wildman–Crippen LogP) is 3.97. The summed E-state index contributed by atoms with van der Waals surface area (Å²) in [6.45, 7) is 4.41. The number of hydrogen-bond acceptors (Lipinski definition) is 1. The van der Waals surface area contributed by atoms with Crippen molar-refractivity contribution in [3.8, 4) is 5.75 Å². The number of methoxy groups -OCH3 is 1. The molecule has 0 radical (unpaired) electrons. The maximum atomic E-state index is 5.13. The fourth-order valence-electron chi connectivity index (χ4n) is 1.68. The Bertz CT molecular complexity index is 266. The van der Waals surface area contributed by atoms with Crippen LogP contribution in [0.1, 0.15) is 31.7 Å². The zero-order chi connectivity index (χ0) is 10.6. The van der Waals surface area contributed by atoms with Gasteiger partial charge in [-0.25, -0.2) is 0 Å². The van der Waals surface area contributed by atoms with Gasteiger partial charge in [0.15, 0.2) is 0 Å². The maximum Gasteiger partial charge on any atom is 0.118 e. The third-order valence-corrected chi connectivity index (χ3v) is 3.18. The van der Waals surface area contributed by atoms with Crippen molar-refractivity contribution in [2.75, 3.05) is 7.11 Å². The molecule has 2 unspecified atom stereocenters. The summed E-state index contributed by atoms with van der Waals surface area (Å²) in [6, 6.07) is 8.33. The minimum atomic E-state index is 0.515. The van der Waals surface area contributed by atoms with Crippen LogP contribution in [0, 0.1) is 0 Å².